The average molecular weight is 378 g/mol. The maximum absolute atomic E-state index is 11.5. The summed E-state index contributed by atoms with van der Waals surface area (Å²) in [5, 5.41) is 0. The van der Waals surface area contributed by atoms with Crippen molar-refractivity contribution in [2.75, 3.05) is 12.9 Å². The van der Waals surface area contributed by atoms with Gasteiger partial charge in [0.2, 0.25) is 0 Å². The Balaban J connectivity index is 3.18. The van der Waals surface area contributed by atoms with Gasteiger partial charge in [-0.25, -0.2) is 0 Å². The highest BCUT2D eigenvalue weighted by Gasteiger charge is 2.51. The molecule has 0 radical (unpaired) electrons. The van der Waals surface area contributed by atoms with Crippen LogP contribution in [0.15, 0.2) is 0 Å². The van der Waals surface area contributed by atoms with Gasteiger partial charge in [0, 0.05) is 27.7 Å². The molecular formula is C15H22O9S. The first-order valence-corrected chi connectivity index (χ1v) is 8.77. The molecule has 1 rings (SSSR count). The summed E-state index contributed by atoms with van der Waals surface area (Å²) in [5.74, 6) is -2.45. The van der Waals surface area contributed by atoms with E-state index in [1.54, 1.807) is 6.26 Å². The SMILES string of the molecule is CS[C@H]1O[C@H](COC(C)=O)[C@@H](OC(C)=O)[C@H](OC(C)=O)[C@H]1OC(C)=O. The Hall–Kier alpha value is -1.81. The van der Waals surface area contributed by atoms with Crippen LogP contribution in [0, 0.1) is 0 Å². The summed E-state index contributed by atoms with van der Waals surface area (Å²) in [7, 11) is 0. The van der Waals surface area contributed by atoms with Gasteiger partial charge >= 0.3 is 23.9 Å². The molecule has 0 bridgehead atoms. The van der Waals surface area contributed by atoms with Crippen molar-refractivity contribution in [2.24, 2.45) is 0 Å². The van der Waals surface area contributed by atoms with Crippen LogP contribution in [0.3, 0.4) is 0 Å². The molecule has 0 aromatic heterocycles. The maximum atomic E-state index is 11.5. The minimum atomic E-state index is -1.10. The molecule has 9 nitrogen and oxygen atoms in total. The predicted octanol–water partition coefficient (Wildman–Crippen LogP) is 0.432. The van der Waals surface area contributed by atoms with E-state index in [1.165, 1.54) is 39.5 Å². The quantitative estimate of drug-likeness (QED) is 0.476. The van der Waals surface area contributed by atoms with Gasteiger partial charge in [0.05, 0.1) is 0 Å². The highest BCUT2D eigenvalue weighted by molar-refractivity contribution is 7.99. The Morgan fingerprint density at radius 2 is 1.28 bits per heavy atom. The second-order valence-electron chi connectivity index (χ2n) is 5.30. The van der Waals surface area contributed by atoms with Crippen molar-refractivity contribution >= 4 is 35.6 Å². The van der Waals surface area contributed by atoms with Crippen molar-refractivity contribution in [2.45, 2.75) is 57.5 Å². The molecule has 1 saturated heterocycles. The number of thioether (sulfide) groups is 1. The van der Waals surface area contributed by atoms with Gasteiger partial charge in [0.15, 0.2) is 18.3 Å². The van der Waals surface area contributed by atoms with Crippen molar-refractivity contribution in [1.82, 2.24) is 0 Å². The highest BCUT2D eigenvalue weighted by atomic mass is 32.2. The fourth-order valence-corrected chi connectivity index (χ4v) is 3.11. The van der Waals surface area contributed by atoms with Crippen LogP contribution in [-0.4, -0.2) is 66.6 Å². The van der Waals surface area contributed by atoms with E-state index in [0.29, 0.717) is 0 Å². The third-order valence-corrected chi connectivity index (χ3v) is 4.02. The van der Waals surface area contributed by atoms with Crippen LogP contribution in [-0.2, 0) is 42.9 Å². The number of ether oxygens (including phenoxy) is 5. The Kier molecular flexibility index (Phi) is 8.17. The summed E-state index contributed by atoms with van der Waals surface area (Å²) in [5.41, 5.74) is -0.708. The van der Waals surface area contributed by atoms with E-state index in [4.69, 9.17) is 23.7 Å². The summed E-state index contributed by atoms with van der Waals surface area (Å²) in [4.78, 5) is 45.5. The molecule has 0 aliphatic carbocycles. The summed E-state index contributed by atoms with van der Waals surface area (Å²) < 4.78 is 26.4. The number of esters is 4. The Morgan fingerprint density at radius 1 is 0.800 bits per heavy atom. The van der Waals surface area contributed by atoms with E-state index in [2.05, 4.69) is 0 Å². The first kappa shape index (κ1) is 21.2. The fraction of sp³-hybridized carbons (Fsp3) is 0.733. The van der Waals surface area contributed by atoms with E-state index in [9.17, 15) is 19.2 Å². The highest BCUT2D eigenvalue weighted by Crippen LogP contribution is 2.33. The van der Waals surface area contributed by atoms with Crippen molar-refractivity contribution in [3.8, 4) is 0 Å². The molecule has 10 heteroatoms. The van der Waals surface area contributed by atoms with E-state index in [1.807, 2.05) is 0 Å². The second kappa shape index (κ2) is 9.62. The van der Waals surface area contributed by atoms with E-state index in [0.717, 1.165) is 0 Å². The summed E-state index contributed by atoms with van der Waals surface area (Å²) in [6, 6.07) is 0. The van der Waals surface area contributed by atoms with Crippen molar-refractivity contribution < 1.29 is 42.9 Å². The van der Waals surface area contributed by atoms with Gasteiger partial charge in [0.1, 0.15) is 18.1 Å². The average Bonchev–Trinajstić information content (AvgIpc) is 2.48. The van der Waals surface area contributed by atoms with Gasteiger partial charge in [-0.2, -0.15) is 0 Å². The first-order valence-electron chi connectivity index (χ1n) is 7.49. The monoisotopic (exact) mass is 378 g/mol. The van der Waals surface area contributed by atoms with Crippen molar-refractivity contribution in [3.63, 3.8) is 0 Å². The van der Waals surface area contributed by atoms with E-state index < -0.39 is 53.7 Å². The molecule has 0 aromatic carbocycles. The number of rotatable bonds is 6. The summed E-state index contributed by atoms with van der Waals surface area (Å²) in [6.45, 7) is 4.57. The molecular weight excluding hydrogens is 356 g/mol. The molecule has 1 aliphatic heterocycles. The summed E-state index contributed by atoms with van der Waals surface area (Å²) >= 11 is 1.21. The molecule has 0 spiro atoms. The van der Waals surface area contributed by atoms with Crippen molar-refractivity contribution in [3.05, 3.63) is 0 Å². The standard InChI is InChI=1S/C15H22O9S/c1-7(16)20-6-11-12(21-8(2)17)13(22-9(3)18)14(23-10(4)19)15(24-11)25-5/h11-15H,6H2,1-5H3/t11-,12-,13+,14-,15-/m1/s1. The topological polar surface area (TPSA) is 114 Å². The van der Waals surface area contributed by atoms with Crippen LogP contribution in [0.25, 0.3) is 0 Å². The molecule has 1 fully saturated rings. The Morgan fingerprint density at radius 3 is 1.72 bits per heavy atom. The number of carbonyl (C=O) groups is 4. The van der Waals surface area contributed by atoms with Crippen LogP contribution >= 0.6 is 11.8 Å². The Bertz CT molecular complexity index is 521. The van der Waals surface area contributed by atoms with Crippen LogP contribution in [0.1, 0.15) is 27.7 Å². The van der Waals surface area contributed by atoms with Crippen LogP contribution in [0.4, 0.5) is 0 Å². The molecule has 0 amide bonds. The van der Waals surface area contributed by atoms with Crippen LogP contribution < -0.4 is 0 Å². The molecule has 25 heavy (non-hydrogen) atoms. The lowest BCUT2D eigenvalue weighted by atomic mass is 9.99. The third kappa shape index (κ3) is 6.54. The minimum Gasteiger partial charge on any atom is -0.463 e. The van der Waals surface area contributed by atoms with E-state index in [-0.39, 0.29) is 6.61 Å². The molecule has 142 valence electrons. The van der Waals surface area contributed by atoms with Gasteiger partial charge in [-0.3, -0.25) is 19.2 Å². The lowest BCUT2D eigenvalue weighted by Crippen LogP contribution is -2.61. The van der Waals surface area contributed by atoms with Gasteiger partial charge in [-0.1, -0.05) is 0 Å². The summed E-state index contributed by atoms with van der Waals surface area (Å²) in [6.07, 6.45) is -2.37. The lowest BCUT2D eigenvalue weighted by molar-refractivity contribution is -0.237. The van der Waals surface area contributed by atoms with Gasteiger partial charge in [-0.15, -0.1) is 11.8 Å². The normalized spacial score (nSPS) is 28.6. The van der Waals surface area contributed by atoms with Gasteiger partial charge in [0.25, 0.3) is 0 Å². The largest absolute Gasteiger partial charge is 0.463 e. The molecule has 5 atom stereocenters. The second-order valence-corrected chi connectivity index (χ2v) is 6.24. The number of hydrogen-bond donors (Lipinski definition) is 0. The number of carbonyl (C=O) groups excluding carboxylic acids is 4. The zero-order valence-electron chi connectivity index (χ0n) is 14.7. The molecule has 0 unspecified atom stereocenters. The zero-order chi connectivity index (χ0) is 19.1. The van der Waals surface area contributed by atoms with Crippen LogP contribution in [0.5, 0.6) is 0 Å². The molecule has 0 N–H and O–H groups in total. The Labute approximate surface area is 149 Å². The molecule has 0 saturated carbocycles. The molecule has 0 aromatic rings. The fourth-order valence-electron chi connectivity index (χ4n) is 2.38. The maximum Gasteiger partial charge on any atom is 0.303 e. The van der Waals surface area contributed by atoms with Gasteiger partial charge in [-0.05, 0) is 6.26 Å². The number of hydrogen-bond acceptors (Lipinski definition) is 10. The smallest absolute Gasteiger partial charge is 0.303 e. The van der Waals surface area contributed by atoms with Gasteiger partial charge < -0.3 is 23.7 Å². The van der Waals surface area contributed by atoms with Crippen molar-refractivity contribution in [1.29, 1.82) is 0 Å². The first-order chi connectivity index (χ1) is 11.6. The lowest BCUT2D eigenvalue weighted by Gasteiger charge is -2.43. The predicted molar refractivity (Wildman–Crippen MR) is 85.5 cm³/mol. The minimum absolute atomic E-state index is 0.213. The molecule has 1 heterocycles. The zero-order valence-corrected chi connectivity index (χ0v) is 15.5. The van der Waals surface area contributed by atoms with E-state index >= 15 is 0 Å². The third-order valence-electron chi connectivity index (χ3n) is 3.18. The van der Waals surface area contributed by atoms with Crippen LogP contribution in [0.2, 0.25) is 0 Å². The molecule has 1 aliphatic rings.